The van der Waals surface area contributed by atoms with Crippen LogP contribution in [0.1, 0.15) is 25.8 Å². The third-order valence-electron chi connectivity index (χ3n) is 3.09. The second kappa shape index (κ2) is 7.88. The summed E-state index contributed by atoms with van der Waals surface area (Å²) in [7, 11) is 1.44. The van der Waals surface area contributed by atoms with Crippen LogP contribution in [0.2, 0.25) is 0 Å². The van der Waals surface area contributed by atoms with Crippen molar-refractivity contribution in [3.05, 3.63) is 35.9 Å². The van der Waals surface area contributed by atoms with Gasteiger partial charge in [0.25, 0.3) is 0 Å². The Morgan fingerprint density at radius 2 is 1.89 bits per heavy atom. The van der Waals surface area contributed by atoms with Crippen LogP contribution in [0.15, 0.2) is 30.3 Å². The second-order valence-electron chi connectivity index (χ2n) is 4.69. The summed E-state index contributed by atoms with van der Waals surface area (Å²) < 4.78 is 4.68. The van der Waals surface area contributed by atoms with Crippen LogP contribution in [0, 0.1) is 0 Å². The molecule has 0 heterocycles. The van der Waals surface area contributed by atoms with E-state index in [4.69, 9.17) is 0 Å². The molecule has 1 rings (SSSR count). The zero-order valence-electron chi connectivity index (χ0n) is 11.6. The monoisotopic (exact) mass is 249 g/mol. The van der Waals surface area contributed by atoms with Crippen molar-refractivity contribution in [3.8, 4) is 0 Å². The summed E-state index contributed by atoms with van der Waals surface area (Å²) in [5, 5.41) is 0. The fourth-order valence-corrected chi connectivity index (χ4v) is 1.88. The van der Waals surface area contributed by atoms with Gasteiger partial charge < -0.3 is 9.64 Å². The van der Waals surface area contributed by atoms with Crippen molar-refractivity contribution < 1.29 is 9.53 Å². The molecule has 0 aliphatic carbocycles. The average Bonchev–Trinajstić information content (AvgIpc) is 2.39. The molecule has 0 aromatic heterocycles. The molecule has 0 fully saturated rings. The maximum atomic E-state index is 11.2. The highest BCUT2D eigenvalue weighted by molar-refractivity contribution is 5.69. The molecular weight excluding hydrogens is 226 g/mol. The van der Waals surface area contributed by atoms with Crippen molar-refractivity contribution in [2.24, 2.45) is 0 Å². The standard InChI is InChI=1S/C15H23NO2/c1-13(2)16(12-10-15(17)18-3)11-9-14-7-5-4-6-8-14/h4-8,13H,9-12H2,1-3H3. The van der Waals surface area contributed by atoms with Crippen LogP contribution in [-0.2, 0) is 16.0 Å². The number of benzene rings is 1. The summed E-state index contributed by atoms with van der Waals surface area (Å²) in [4.78, 5) is 13.5. The highest BCUT2D eigenvalue weighted by Gasteiger charge is 2.11. The minimum absolute atomic E-state index is 0.139. The largest absolute Gasteiger partial charge is 0.469 e. The van der Waals surface area contributed by atoms with Crippen LogP contribution in [-0.4, -0.2) is 37.1 Å². The Balaban J connectivity index is 2.41. The summed E-state index contributed by atoms with van der Waals surface area (Å²) in [6, 6.07) is 10.9. The van der Waals surface area contributed by atoms with Crippen LogP contribution in [0.25, 0.3) is 0 Å². The lowest BCUT2D eigenvalue weighted by molar-refractivity contribution is -0.141. The summed E-state index contributed by atoms with van der Waals surface area (Å²) >= 11 is 0. The van der Waals surface area contributed by atoms with Gasteiger partial charge in [-0.1, -0.05) is 30.3 Å². The van der Waals surface area contributed by atoms with Gasteiger partial charge in [0.1, 0.15) is 0 Å². The molecule has 3 heteroatoms. The lowest BCUT2D eigenvalue weighted by Gasteiger charge is -2.26. The molecule has 0 radical (unpaired) electrons. The van der Waals surface area contributed by atoms with Gasteiger partial charge in [0.2, 0.25) is 0 Å². The third kappa shape index (κ3) is 5.32. The van der Waals surface area contributed by atoms with Gasteiger partial charge in [-0.15, -0.1) is 0 Å². The fourth-order valence-electron chi connectivity index (χ4n) is 1.88. The minimum Gasteiger partial charge on any atom is -0.469 e. The molecule has 0 amide bonds. The lowest BCUT2D eigenvalue weighted by atomic mass is 10.1. The number of nitrogens with zero attached hydrogens (tertiary/aromatic N) is 1. The highest BCUT2D eigenvalue weighted by atomic mass is 16.5. The molecular formula is C15H23NO2. The first-order valence-electron chi connectivity index (χ1n) is 6.48. The van der Waals surface area contributed by atoms with Crippen LogP contribution < -0.4 is 0 Å². The molecule has 0 bridgehead atoms. The maximum Gasteiger partial charge on any atom is 0.306 e. The van der Waals surface area contributed by atoms with Gasteiger partial charge in [-0.25, -0.2) is 0 Å². The molecule has 0 saturated heterocycles. The fraction of sp³-hybridized carbons (Fsp3) is 0.533. The Labute approximate surface area is 110 Å². The minimum atomic E-state index is -0.139. The van der Waals surface area contributed by atoms with Gasteiger partial charge in [0, 0.05) is 19.1 Å². The van der Waals surface area contributed by atoms with E-state index in [9.17, 15) is 4.79 Å². The van der Waals surface area contributed by atoms with Gasteiger partial charge in [0.15, 0.2) is 0 Å². The first-order chi connectivity index (χ1) is 8.63. The zero-order valence-corrected chi connectivity index (χ0v) is 11.6. The number of ether oxygens (including phenoxy) is 1. The topological polar surface area (TPSA) is 29.5 Å². The van der Waals surface area contributed by atoms with Crippen LogP contribution in [0.3, 0.4) is 0 Å². The van der Waals surface area contributed by atoms with E-state index in [1.165, 1.54) is 12.7 Å². The zero-order chi connectivity index (χ0) is 13.4. The smallest absolute Gasteiger partial charge is 0.306 e. The Bertz CT molecular complexity index is 349. The number of carbonyl (C=O) groups excluding carboxylic acids is 1. The molecule has 0 unspecified atom stereocenters. The molecule has 100 valence electrons. The molecule has 0 atom stereocenters. The van der Waals surface area contributed by atoms with E-state index in [-0.39, 0.29) is 5.97 Å². The number of hydrogen-bond acceptors (Lipinski definition) is 3. The number of methoxy groups -OCH3 is 1. The summed E-state index contributed by atoms with van der Waals surface area (Å²) in [6.07, 6.45) is 1.48. The predicted molar refractivity (Wildman–Crippen MR) is 73.5 cm³/mol. The van der Waals surface area contributed by atoms with E-state index in [2.05, 4.69) is 47.7 Å². The lowest BCUT2D eigenvalue weighted by Crippen LogP contribution is -2.34. The Kier molecular flexibility index (Phi) is 6.44. The Morgan fingerprint density at radius 1 is 1.22 bits per heavy atom. The second-order valence-corrected chi connectivity index (χ2v) is 4.69. The van der Waals surface area contributed by atoms with Crippen LogP contribution >= 0.6 is 0 Å². The normalized spacial score (nSPS) is 10.9. The maximum absolute atomic E-state index is 11.2. The molecule has 3 nitrogen and oxygen atoms in total. The molecule has 0 saturated carbocycles. The molecule has 0 aliphatic heterocycles. The third-order valence-corrected chi connectivity index (χ3v) is 3.09. The molecule has 0 spiro atoms. The van der Waals surface area contributed by atoms with E-state index in [0.29, 0.717) is 12.5 Å². The number of rotatable bonds is 7. The van der Waals surface area contributed by atoms with Crippen molar-refractivity contribution in [2.75, 3.05) is 20.2 Å². The first-order valence-corrected chi connectivity index (χ1v) is 6.48. The van der Waals surface area contributed by atoms with Crippen LogP contribution in [0.5, 0.6) is 0 Å². The molecule has 0 aliphatic rings. The number of carbonyl (C=O) groups is 1. The SMILES string of the molecule is COC(=O)CCN(CCc1ccccc1)C(C)C. The molecule has 0 N–H and O–H groups in total. The number of esters is 1. The van der Waals surface area contributed by atoms with Gasteiger partial charge in [0.05, 0.1) is 13.5 Å². The molecule has 1 aromatic rings. The molecule has 18 heavy (non-hydrogen) atoms. The van der Waals surface area contributed by atoms with Gasteiger partial charge in [-0.05, 0) is 25.8 Å². The summed E-state index contributed by atoms with van der Waals surface area (Å²) in [5.74, 6) is -0.139. The average molecular weight is 249 g/mol. The summed E-state index contributed by atoms with van der Waals surface area (Å²) in [6.45, 7) is 6.04. The Hall–Kier alpha value is -1.35. The Morgan fingerprint density at radius 3 is 2.44 bits per heavy atom. The van der Waals surface area contributed by atoms with E-state index >= 15 is 0 Å². The van der Waals surface area contributed by atoms with Crippen molar-refractivity contribution in [1.82, 2.24) is 4.90 Å². The predicted octanol–water partition coefficient (Wildman–Crippen LogP) is 2.50. The molecule has 1 aromatic carbocycles. The van der Waals surface area contributed by atoms with Gasteiger partial charge in [-0.3, -0.25) is 4.79 Å². The van der Waals surface area contributed by atoms with Crippen molar-refractivity contribution in [2.45, 2.75) is 32.7 Å². The van der Waals surface area contributed by atoms with E-state index < -0.39 is 0 Å². The van der Waals surface area contributed by atoms with E-state index in [1.54, 1.807) is 0 Å². The van der Waals surface area contributed by atoms with E-state index in [1.807, 2.05) is 6.07 Å². The van der Waals surface area contributed by atoms with Crippen molar-refractivity contribution in [1.29, 1.82) is 0 Å². The van der Waals surface area contributed by atoms with Gasteiger partial charge in [-0.2, -0.15) is 0 Å². The highest BCUT2D eigenvalue weighted by Crippen LogP contribution is 2.05. The van der Waals surface area contributed by atoms with Crippen molar-refractivity contribution >= 4 is 5.97 Å². The number of hydrogen-bond donors (Lipinski definition) is 0. The van der Waals surface area contributed by atoms with Crippen LogP contribution in [0.4, 0.5) is 0 Å². The van der Waals surface area contributed by atoms with Gasteiger partial charge >= 0.3 is 5.97 Å². The first kappa shape index (κ1) is 14.7. The van der Waals surface area contributed by atoms with Crippen molar-refractivity contribution in [3.63, 3.8) is 0 Å². The summed E-state index contributed by atoms with van der Waals surface area (Å²) in [5.41, 5.74) is 1.33. The quantitative estimate of drug-likeness (QED) is 0.695. The van der Waals surface area contributed by atoms with E-state index in [0.717, 1.165) is 19.5 Å².